The quantitative estimate of drug-likeness (QED) is 0.591. The molecule has 0 spiro atoms. The Morgan fingerprint density at radius 1 is 1.13 bits per heavy atom. The molecule has 4 rings (SSSR count). The Balaban J connectivity index is 1.29. The number of rotatable bonds is 6. The number of hydrogen-bond donors (Lipinski definition) is 0. The molecule has 0 atom stereocenters. The fourth-order valence-corrected chi connectivity index (χ4v) is 4.02. The van der Waals surface area contributed by atoms with Crippen LogP contribution in [-0.4, -0.2) is 46.0 Å². The second-order valence-corrected chi connectivity index (χ2v) is 8.12. The largest absolute Gasteiger partial charge is 0.337 e. The number of halogens is 1. The van der Waals surface area contributed by atoms with Crippen LogP contribution in [0.4, 0.5) is 0 Å². The molecule has 0 radical (unpaired) electrons. The monoisotopic (exact) mass is 424 g/mol. The van der Waals surface area contributed by atoms with Gasteiger partial charge in [-0.25, -0.2) is 0 Å². The fraction of sp³-hybridized carbons (Fsp3) is 0.348. The van der Waals surface area contributed by atoms with E-state index in [4.69, 9.17) is 16.1 Å². The van der Waals surface area contributed by atoms with E-state index >= 15 is 0 Å². The molecule has 1 aliphatic heterocycles. The molecular weight excluding hydrogens is 400 g/mol. The summed E-state index contributed by atoms with van der Waals surface area (Å²) < 4.78 is 5.35. The Labute approximate surface area is 181 Å². The second-order valence-electron chi connectivity index (χ2n) is 7.71. The van der Waals surface area contributed by atoms with Gasteiger partial charge < -0.3 is 9.42 Å². The molecule has 0 aliphatic carbocycles. The van der Waals surface area contributed by atoms with Crippen molar-refractivity contribution in [1.29, 1.82) is 0 Å². The summed E-state index contributed by atoms with van der Waals surface area (Å²) in [7, 11) is 1.80. The van der Waals surface area contributed by atoms with E-state index in [-0.39, 0.29) is 11.8 Å². The topological polar surface area (TPSA) is 62.5 Å². The lowest BCUT2D eigenvalue weighted by Gasteiger charge is -2.33. The van der Waals surface area contributed by atoms with Gasteiger partial charge in [-0.1, -0.05) is 65.3 Å². The zero-order chi connectivity index (χ0) is 20.9. The first-order valence-corrected chi connectivity index (χ1v) is 10.6. The van der Waals surface area contributed by atoms with Gasteiger partial charge in [-0.3, -0.25) is 9.69 Å². The highest BCUT2D eigenvalue weighted by Crippen LogP contribution is 2.24. The van der Waals surface area contributed by atoms with Gasteiger partial charge in [0.2, 0.25) is 17.6 Å². The van der Waals surface area contributed by atoms with E-state index in [1.54, 1.807) is 11.9 Å². The van der Waals surface area contributed by atoms with E-state index in [0.29, 0.717) is 18.3 Å². The lowest BCUT2D eigenvalue weighted by molar-refractivity contribution is -0.136. The Kier molecular flexibility index (Phi) is 6.45. The summed E-state index contributed by atoms with van der Waals surface area (Å²) in [5, 5.41) is 4.82. The molecule has 0 unspecified atom stereocenters. The van der Waals surface area contributed by atoms with Crippen molar-refractivity contribution >= 4 is 17.5 Å². The molecule has 1 aromatic heterocycles. The van der Waals surface area contributed by atoms with Gasteiger partial charge in [0, 0.05) is 30.1 Å². The Morgan fingerprint density at radius 3 is 2.57 bits per heavy atom. The first kappa shape index (κ1) is 20.6. The van der Waals surface area contributed by atoms with Crippen LogP contribution in [-0.2, 0) is 17.9 Å². The molecule has 1 aliphatic rings. The van der Waals surface area contributed by atoms with Crippen LogP contribution in [0.25, 0.3) is 11.4 Å². The summed E-state index contributed by atoms with van der Waals surface area (Å²) in [5.41, 5.74) is 2.03. The van der Waals surface area contributed by atoms with Crippen LogP contribution in [0.1, 0.15) is 24.3 Å². The molecule has 3 aromatic rings. The van der Waals surface area contributed by atoms with E-state index < -0.39 is 0 Å². The van der Waals surface area contributed by atoms with Gasteiger partial charge >= 0.3 is 0 Å². The van der Waals surface area contributed by atoms with Crippen LogP contribution in [0.15, 0.2) is 59.1 Å². The number of amides is 1. The summed E-state index contributed by atoms with van der Waals surface area (Å²) in [6, 6.07) is 17.6. The smallest absolute Gasteiger partial charge is 0.246 e. The van der Waals surface area contributed by atoms with Gasteiger partial charge in [0.05, 0.1) is 6.54 Å². The van der Waals surface area contributed by atoms with E-state index in [0.717, 1.165) is 48.6 Å². The summed E-state index contributed by atoms with van der Waals surface area (Å²) >= 11 is 6.27. The van der Waals surface area contributed by atoms with E-state index in [1.165, 1.54) is 0 Å². The predicted molar refractivity (Wildman–Crippen MR) is 116 cm³/mol. The Bertz CT molecular complexity index is 984. The summed E-state index contributed by atoms with van der Waals surface area (Å²) in [6.07, 6.45) is 1.68. The number of piperidine rings is 1. The molecular formula is C23H25ClN4O2. The number of likely N-dealkylation sites (tertiary alicyclic amines) is 1. The maximum absolute atomic E-state index is 12.9. The Morgan fingerprint density at radius 2 is 1.83 bits per heavy atom. The van der Waals surface area contributed by atoms with Gasteiger partial charge in [0.1, 0.15) is 0 Å². The van der Waals surface area contributed by atoms with Crippen molar-refractivity contribution in [2.45, 2.75) is 25.9 Å². The summed E-state index contributed by atoms with van der Waals surface area (Å²) in [5.74, 6) is 1.14. The van der Waals surface area contributed by atoms with Crippen molar-refractivity contribution in [2.24, 2.45) is 5.92 Å². The minimum Gasteiger partial charge on any atom is -0.337 e. The van der Waals surface area contributed by atoms with Crippen LogP contribution < -0.4 is 0 Å². The Hall–Kier alpha value is -2.70. The zero-order valence-corrected chi connectivity index (χ0v) is 17.8. The van der Waals surface area contributed by atoms with Gasteiger partial charge in [-0.05, 0) is 37.6 Å². The van der Waals surface area contributed by atoms with Gasteiger partial charge in [0.15, 0.2) is 0 Å². The van der Waals surface area contributed by atoms with Crippen LogP contribution in [0.3, 0.4) is 0 Å². The van der Waals surface area contributed by atoms with Gasteiger partial charge in [-0.2, -0.15) is 4.98 Å². The highest BCUT2D eigenvalue weighted by molar-refractivity contribution is 6.31. The van der Waals surface area contributed by atoms with Crippen molar-refractivity contribution < 1.29 is 9.32 Å². The number of carbonyl (C=O) groups excluding carboxylic acids is 1. The SMILES string of the molecule is CN(Cc1nc(-c2ccccc2)no1)C(=O)C1CCN(Cc2ccccc2Cl)CC1. The summed E-state index contributed by atoms with van der Waals surface area (Å²) in [6.45, 7) is 2.90. The fourth-order valence-electron chi connectivity index (χ4n) is 3.82. The highest BCUT2D eigenvalue weighted by atomic mass is 35.5. The number of nitrogens with zero attached hydrogens (tertiary/aromatic N) is 4. The molecule has 0 bridgehead atoms. The third kappa shape index (κ3) is 4.89. The van der Waals surface area contributed by atoms with Crippen molar-refractivity contribution in [1.82, 2.24) is 19.9 Å². The lowest BCUT2D eigenvalue weighted by Crippen LogP contribution is -2.40. The standard InChI is InChI=1S/C23H25ClN4O2/c1-27(16-21-25-22(26-30-21)17-7-3-2-4-8-17)23(29)18-11-13-28(14-12-18)15-19-9-5-6-10-20(19)24/h2-10,18H,11-16H2,1H3. The normalized spacial score (nSPS) is 15.3. The molecule has 1 saturated heterocycles. The molecule has 30 heavy (non-hydrogen) atoms. The van der Waals surface area contributed by atoms with E-state index in [1.807, 2.05) is 48.5 Å². The maximum atomic E-state index is 12.9. The van der Waals surface area contributed by atoms with Crippen LogP contribution in [0.5, 0.6) is 0 Å². The molecule has 7 heteroatoms. The second kappa shape index (κ2) is 9.41. The average Bonchev–Trinajstić information content (AvgIpc) is 3.24. The van der Waals surface area contributed by atoms with Crippen molar-refractivity contribution in [3.05, 3.63) is 71.1 Å². The van der Waals surface area contributed by atoms with Gasteiger partial charge in [-0.15, -0.1) is 0 Å². The van der Waals surface area contributed by atoms with Crippen LogP contribution in [0, 0.1) is 5.92 Å². The van der Waals surface area contributed by atoms with E-state index in [9.17, 15) is 4.79 Å². The third-order valence-corrected chi connectivity index (χ3v) is 5.91. The average molecular weight is 425 g/mol. The molecule has 6 nitrogen and oxygen atoms in total. The maximum Gasteiger partial charge on any atom is 0.246 e. The molecule has 1 amide bonds. The number of benzene rings is 2. The minimum absolute atomic E-state index is 0.0222. The molecule has 156 valence electrons. The van der Waals surface area contributed by atoms with Crippen molar-refractivity contribution in [2.75, 3.05) is 20.1 Å². The van der Waals surface area contributed by atoms with Crippen molar-refractivity contribution in [3.63, 3.8) is 0 Å². The van der Waals surface area contributed by atoms with E-state index in [2.05, 4.69) is 21.1 Å². The lowest BCUT2D eigenvalue weighted by atomic mass is 9.95. The third-order valence-electron chi connectivity index (χ3n) is 5.54. The molecule has 2 aromatic carbocycles. The molecule has 0 N–H and O–H groups in total. The molecule has 2 heterocycles. The number of aromatic nitrogens is 2. The number of hydrogen-bond acceptors (Lipinski definition) is 5. The van der Waals surface area contributed by atoms with Crippen LogP contribution in [0.2, 0.25) is 5.02 Å². The summed E-state index contributed by atoms with van der Waals surface area (Å²) in [4.78, 5) is 21.4. The zero-order valence-electron chi connectivity index (χ0n) is 17.0. The number of carbonyl (C=O) groups is 1. The minimum atomic E-state index is 0.0222. The van der Waals surface area contributed by atoms with Crippen LogP contribution >= 0.6 is 11.6 Å². The first-order valence-electron chi connectivity index (χ1n) is 10.2. The predicted octanol–water partition coefficient (Wildman–Crippen LogP) is 4.26. The van der Waals surface area contributed by atoms with Gasteiger partial charge in [0.25, 0.3) is 0 Å². The van der Waals surface area contributed by atoms with Crippen molar-refractivity contribution in [3.8, 4) is 11.4 Å². The highest BCUT2D eigenvalue weighted by Gasteiger charge is 2.28. The molecule has 0 saturated carbocycles. The first-order chi connectivity index (χ1) is 14.6. The molecule has 1 fully saturated rings.